The fourth-order valence-corrected chi connectivity index (χ4v) is 4.30. The number of fused-ring (bicyclic) bond motifs is 3. The van der Waals surface area contributed by atoms with E-state index in [4.69, 9.17) is 24.0 Å². The van der Waals surface area contributed by atoms with Crippen LogP contribution in [0.1, 0.15) is 35.4 Å². The summed E-state index contributed by atoms with van der Waals surface area (Å²) in [6.07, 6.45) is 0.389. The van der Waals surface area contributed by atoms with E-state index in [1.54, 1.807) is 21.3 Å². The number of methoxy groups -OCH3 is 3. The smallest absolute Gasteiger partial charge is 0.214 e. The van der Waals surface area contributed by atoms with Crippen molar-refractivity contribution in [3.05, 3.63) is 83.4 Å². The molecule has 0 amide bonds. The van der Waals surface area contributed by atoms with Gasteiger partial charge in [0.2, 0.25) is 12.0 Å². The van der Waals surface area contributed by atoms with Crippen LogP contribution in [0.5, 0.6) is 23.0 Å². The van der Waals surface area contributed by atoms with Crippen LogP contribution in [0, 0.1) is 0 Å². The number of benzene rings is 3. The molecule has 0 aromatic heterocycles. The Hall–Kier alpha value is -3.67. The van der Waals surface area contributed by atoms with Gasteiger partial charge in [0.25, 0.3) is 0 Å². The van der Waals surface area contributed by atoms with E-state index in [-0.39, 0.29) is 6.04 Å². The second-order valence-corrected chi connectivity index (χ2v) is 7.48. The predicted octanol–water partition coefficient (Wildman–Crippen LogP) is 4.95. The van der Waals surface area contributed by atoms with Crippen molar-refractivity contribution in [2.45, 2.75) is 18.7 Å². The van der Waals surface area contributed by atoms with E-state index in [9.17, 15) is 0 Å². The van der Waals surface area contributed by atoms with Crippen LogP contribution >= 0.6 is 0 Å². The largest absolute Gasteiger partial charge is 0.493 e. The Balaban J connectivity index is 1.62. The molecule has 0 saturated heterocycles. The third-order valence-electron chi connectivity index (χ3n) is 5.78. The summed E-state index contributed by atoms with van der Waals surface area (Å²) in [5.74, 6) is 2.59. The Morgan fingerprint density at radius 2 is 1.55 bits per heavy atom. The summed E-state index contributed by atoms with van der Waals surface area (Å²) in [4.78, 5) is 0. The third kappa shape index (κ3) is 3.24. The molecular weight excluding hydrogens is 392 g/mol. The molecule has 0 saturated carbocycles. The number of nitrogens with zero attached hydrogens (tertiary/aromatic N) is 2. The molecule has 2 aliphatic heterocycles. The number of hydrazone groups is 1. The van der Waals surface area contributed by atoms with Gasteiger partial charge in [-0.15, -0.1) is 0 Å². The topological polar surface area (TPSA) is 52.5 Å². The summed E-state index contributed by atoms with van der Waals surface area (Å²) in [6, 6.07) is 22.4. The molecule has 0 N–H and O–H groups in total. The summed E-state index contributed by atoms with van der Waals surface area (Å²) >= 11 is 0. The van der Waals surface area contributed by atoms with E-state index in [1.807, 2.05) is 53.5 Å². The molecule has 31 heavy (non-hydrogen) atoms. The first kappa shape index (κ1) is 19.3. The molecular formula is C25H24N2O4. The van der Waals surface area contributed by atoms with E-state index in [2.05, 4.69) is 18.2 Å². The summed E-state index contributed by atoms with van der Waals surface area (Å²) < 4.78 is 23.1. The van der Waals surface area contributed by atoms with Gasteiger partial charge in [0.05, 0.1) is 33.1 Å². The van der Waals surface area contributed by atoms with Crippen LogP contribution < -0.4 is 18.9 Å². The van der Waals surface area contributed by atoms with Crippen LogP contribution in [0.15, 0.2) is 71.8 Å². The minimum atomic E-state index is -0.421. The maximum absolute atomic E-state index is 6.46. The van der Waals surface area contributed by atoms with Gasteiger partial charge in [-0.2, -0.15) is 5.10 Å². The highest BCUT2D eigenvalue weighted by Crippen LogP contribution is 2.49. The second kappa shape index (κ2) is 7.87. The standard InChI is InChI=1S/C25H24N2O4/c1-28-22-13-17(14-23(29-2)24(22)30-3)25-27-20(18-11-7-8-12-21(18)31-25)15-19(26-27)16-9-5-4-6-10-16/h4-14,20,25H,15H2,1-3H3/t20-,25+/m0/s1. The minimum Gasteiger partial charge on any atom is -0.493 e. The van der Waals surface area contributed by atoms with Crippen molar-refractivity contribution in [1.82, 2.24) is 5.01 Å². The van der Waals surface area contributed by atoms with Crippen LogP contribution in [-0.4, -0.2) is 32.0 Å². The van der Waals surface area contributed by atoms with Crippen LogP contribution in [0.2, 0.25) is 0 Å². The predicted molar refractivity (Wildman–Crippen MR) is 118 cm³/mol. The van der Waals surface area contributed by atoms with Gasteiger partial charge in [0.15, 0.2) is 11.5 Å². The average Bonchev–Trinajstić information content (AvgIpc) is 3.29. The zero-order chi connectivity index (χ0) is 21.4. The zero-order valence-corrected chi connectivity index (χ0v) is 17.7. The maximum Gasteiger partial charge on any atom is 0.214 e. The van der Waals surface area contributed by atoms with Crippen molar-refractivity contribution >= 4 is 5.71 Å². The van der Waals surface area contributed by atoms with E-state index in [1.165, 1.54) is 0 Å². The first-order valence-electron chi connectivity index (χ1n) is 10.2. The van der Waals surface area contributed by atoms with Crippen molar-refractivity contribution in [3.8, 4) is 23.0 Å². The van der Waals surface area contributed by atoms with Gasteiger partial charge in [-0.05, 0) is 23.8 Å². The summed E-state index contributed by atoms with van der Waals surface area (Å²) in [6.45, 7) is 0. The Labute approximate surface area is 181 Å². The highest BCUT2D eigenvalue weighted by Gasteiger charge is 2.41. The van der Waals surface area contributed by atoms with E-state index >= 15 is 0 Å². The normalized spacial score (nSPS) is 19.1. The van der Waals surface area contributed by atoms with Gasteiger partial charge in [-0.3, -0.25) is 0 Å². The highest BCUT2D eigenvalue weighted by molar-refractivity contribution is 6.01. The quantitative estimate of drug-likeness (QED) is 0.589. The van der Waals surface area contributed by atoms with Crippen LogP contribution in [0.25, 0.3) is 0 Å². The molecule has 3 aromatic rings. The van der Waals surface area contributed by atoms with Gasteiger partial charge in [-0.1, -0.05) is 48.5 Å². The number of hydrogen-bond donors (Lipinski definition) is 0. The summed E-state index contributed by atoms with van der Waals surface area (Å²) in [5, 5.41) is 7.05. The molecule has 0 bridgehead atoms. The van der Waals surface area contributed by atoms with Gasteiger partial charge >= 0.3 is 0 Å². The number of ether oxygens (including phenoxy) is 4. The molecule has 0 fully saturated rings. The van der Waals surface area contributed by atoms with Crippen LogP contribution in [-0.2, 0) is 0 Å². The monoisotopic (exact) mass is 416 g/mol. The molecule has 2 aliphatic rings. The van der Waals surface area contributed by atoms with Gasteiger partial charge in [0, 0.05) is 17.5 Å². The highest BCUT2D eigenvalue weighted by atomic mass is 16.5. The summed E-state index contributed by atoms with van der Waals surface area (Å²) in [7, 11) is 4.82. The van der Waals surface area contributed by atoms with Gasteiger partial charge < -0.3 is 18.9 Å². The molecule has 0 spiro atoms. The Kier molecular flexibility index (Phi) is 4.90. The lowest BCUT2D eigenvalue weighted by atomic mass is 9.96. The van der Waals surface area contributed by atoms with Crippen molar-refractivity contribution < 1.29 is 18.9 Å². The van der Waals surface area contributed by atoms with Gasteiger partial charge in [0.1, 0.15) is 5.75 Å². The van der Waals surface area contributed by atoms with Crippen LogP contribution in [0.4, 0.5) is 0 Å². The fraction of sp³-hybridized carbons (Fsp3) is 0.240. The molecule has 0 aliphatic carbocycles. The number of hydrogen-bond acceptors (Lipinski definition) is 6. The van der Waals surface area contributed by atoms with E-state index < -0.39 is 6.23 Å². The molecule has 0 radical (unpaired) electrons. The van der Waals surface area contributed by atoms with E-state index in [0.717, 1.165) is 34.6 Å². The molecule has 5 rings (SSSR count). The molecule has 2 atom stereocenters. The van der Waals surface area contributed by atoms with Crippen LogP contribution in [0.3, 0.4) is 0 Å². The average molecular weight is 416 g/mol. The summed E-state index contributed by atoms with van der Waals surface area (Å²) in [5.41, 5.74) is 4.19. The molecule has 6 nitrogen and oxygen atoms in total. The minimum absolute atomic E-state index is 0.0873. The van der Waals surface area contributed by atoms with Crippen molar-refractivity contribution in [1.29, 1.82) is 0 Å². The lowest BCUT2D eigenvalue weighted by Crippen LogP contribution is -2.33. The maximum atomic E-state index is 6.46. The lowest BCUT2D eigenvalue weighted by molar-refractivity contribution is -0.0192. The molecule has 0 unspecified atom stereocenters. The molecule has 158 valence electrons. The van der Waals surface area contributed by atoms with Crippen molar-refractivity contribution in [2.24, 2.45) is 5.10 Å². The molecule has 2 heterocycles. The first-order valence-corrected chi connectivity index (χ1v) is 10.2. The third-order valence-corrected chi connectivity index (χ3v) is 5.78. The zero-order valence-electron chi connectivity index (χ0n) is 17.7. The van der Waals surface area contributed by atoms with E-state index in [0.29, 0.717) is 17.2 Å². The Morgan fingerprint density at radius 1 is 0.871 bits per heavy atom. The number of para-hydroxylation sites is 1. The lowest BCUT2D eigenvalue weighted by Gasteiger charge is -2.38. The molecule has 6 heteroatoms. The second-order valence-electron chi connectivity index (χ2n) is 7.48. The number of rotatable bonds is 5. The molecule has 3 aromatic carbocycles. The first-order chi connectivity index (χ1) is 15.2. The van der Waals surface area contributed by atoms with Crippen molar-refractivity contribution in [2.75, 3.05) is 21.3 Å². The Bertz CT molecular complexity index is 1100. The van der Waals surface area contributed by atoms with Gasteiger partial charge in [-0.25, -0.2) is 5.01 Å². The SMILES string of the molecule is COc1cc([C@H]2Oc3ccccc3[C@@H]3CC(c4ccccc4)=NN23)cc(OC)c1OC. The van der Waals surface area contributed by atoms with Crippen molar-refractivity contribution in [3.63, 3.8) is 0 Å². The fourth-order valence-electron chi connectivity index (χ4n) is 4.30. The Morgan fingerprint density at radius 3 is 2.23 bits per heavy atom.